The predicted octanol–water partition coefficient (Wildman–Crippen LogP) is 5.47. The summed E-state index contributed by atoms with van der Waals surface area (Å²) in [6, 6.07) is 0. The molecule has 0 heterocycles. The highest BCUT2D eigenvalue weighted by molar-refractivity contribution is 7.62. The van der Waals surface area contributed by atoms with Crippen LogP contribution in [0.25, 0.3) is 0 Å². The monoisotopic (exact) mass is 354 g/mol. The number of rotatable bonds is 14. The van der Waals surface area contributed by atoms with Crippen LogP contribution >= 0.6 is 14.7 Å². The van der Waals surface area contributed by atoms with Crippen LogP contribution in [0.2, 0.25) is 0 Å². The third-order valence-electron chi connectivity index (χ3n) is 4.23. The van der Waals surface area contributed by atoms with Crippen LogP contribution in [0.3, 0.4) is 0 Å². The van der Waals surface area contributed by atoms with E-state index in [2.05, 4.69) is 13.8 Å². The fraction of sp³-hybridized carbons (Fsp3) is 1.00. The molecule has 134 valence electrons. The van der Waals surface area contributed by atoms with Gasteiger partial charge in [-0.1, -0.05) is 59.3 Å². The first-order valence-corrected chi connectivity index (χ1v) is 12.9. The molecule has 0 aromatic rings. The fourth-order valence-electron chi connectivity index (χ4n) is 2.70. The lowest BCUT2D eigenvalue weighted by molar-refractivity contribution is 0.447. The van der Waals surface area contributed by atoms with Crippen LogP contribution in [-0.2, 0) is 9.13 Å². The summed E-state index contributed by atoms with van der Waals surface area (Å²) in [5.41, 5.74) is -0.517. The highest BCUT2D eigenvalue weighted by atomic mass is 31.2. The number of unbranched alkanes of at least 4 members (excludes halogenated alkanes) is 6. The molecule has 0 spiro atoms. The molecule has 0 amide bonds. The Morgan fingerprint density at radius 3 is 1.73 bits per heavy atom. The van der Waals surface area contributed by atoms with Crippen molar-refractivity contribution >= 4 is 14.7 Å². The van der Waals surface area contributed by atoms with E-state index in [4.69, 9.17) is 0 Å². The van der Waals surface area contributed by atoms with E-state index in [1.165, 1.54) is 0 Å². The number of hydrogen-bond donors (Lipinski definition) is 2. The summed E-state index contributed by atoms with van der Waals surface area (Å²) in [5, 5.41) is 0. The first-order chi connectivity index (χ1) is 10.3. The van der Waals surface area contributed by atoms with Gasteiger partial charge in [0.1, 0.15) is 0 Å². The average molecular weight is 354 g/mol. The molecular weight excluding hydrogens is 318 g/mol. The first-order valence-electron chi connectivity index (χ1n) is 8.91. The van der Waals surface area contributed by atoms with Gasteiger partial charge >= 0.3 is 0 Å². The van der Waals surface area contributed by atoms with Gasteiger partial charge in [0.25, 0.3) is 0 Å². The second-order valence-electron chi connectivity index (χ2n) is 6.42. The van der Waals surface area contributed by atoms with Crippen LogP contribution in [0.1, 0.15) is 78.6 Å². The Morgan fingerprint density at radius 1 is 0.773 bits per heavy atom. The van der Waals surface area contributed by atoms with E-state index in [9.17, 15) is 18.9 Å². The third kappa shape index (κ3) is 10.2. The molecule has 0 aromatic heterocycles. The van der Waals surface area contributed by atoms with Crippen LogP contribution in [0.5, 0.6) is 0 Å². The maximum Gasteiger partial charge on any atom is 0.204 e. The topological polar surface area (TPSA) is 74.6 Å². The van der Waals surface area contributed by atoms with E-state index < -0.39 is 20.4 Å². The van der Waals surface area contributed by atoms with Crippen molar-refractivity contribution < 1.29 is 18.9 Å². The highest BCUT2D eigenvalue weighted by Gasteiger charge is 2.34. The molecular formula is C16H36O4P2. The van der Waals surface area contributed by atoms with Gasteiger partial charge in [-0.2, -0.15) is 0 Å². The summed E-state index contributed by atoms with van der Waals surface area (Å²) < 4.78 is 24.8. The summed E-state index contributed by atoms with van der Waals surface area (Å²) in [4.78, 5) is 20.4. The SMILES string of the molecule is CCCCCCP(=O)(O)CC(CC)P(=O)(O)CCCCCC. The molecule has 0 radical (unpaired) electrons. The van der Waals surface area contributed by atoms with Gasteiger partial charge in [-0.15, -0.1) is 0 Å². The zero-order chi connectivity index (χ0) is 17.1. The van der Waals surface area contributed by atoms with Crippen molar-refractivity contribution in [2.24, 2.45) is 0 Å². The molecule has 2 N–H and O–H groups in total. The lowest BCUT2D eigenvalue weighted by Gasteiger charge is -2.24. The molecule has 0 aliphatic rings. The molecule has 0 saturated heterocycles. The maximum absolute atomic E-state index is 12.5. The Bertz CT molecular complexity index is 371. The zero-order valence-electron chi connectivity index (χ0n) is 14.7. The molecule has 0 saturated carbocycles. The van der Waals surface area contributed by atoms with Crippen molar-refractivity contribution in [2.75, 3.05) is 18.5 Å². The first kappa shape index (κ1) is 22.4. The molecule has 0 aliphatic heterocycles. The van der Waals surface area contributed by atoms with E-state index >= 15 is 0 Å². The van der Waals surface area contributed by atoms with Crippen molar-refractivity contribution in [3.63, 3.8) is 0 Å². The largest absolute Gasteiger partial charge is 0.344 e. The van der Waals surface area contributed by atoms with Gasteiger partial charge < -0.3 is 9.79 Å². The van der Waals surface area contributed by atoms with Crippen molar-refractivity contribution in [3.05, 3.63) is 0 Å². The van der Waals surface area contributed by atoms with Gasteiger partial charge in [0.15, 0.2) is 0 Å². The molecule has 0 bridgehead atoms. The van der Waals surface area contributed by atoms with Crippen molar-refractivity contribution in [1.82, 2.24) is 0 Å². The van der Waals surface area contributed by atoms with Crippen LogP contribution < -0.4 is 0 Å². The molecule has 0 aromatic carbocycles. The summed E-state index contributed by atoms with van der Waals surface area (Å²) >= 11 is 0. The summed E-state index contributed by atoms with van der Waals surface area (Å²) in [7, 11) is -6.60. The number of hydrogen-bond acceptors (Lipinski definition) is 2. The van der Waals surface area contributed by atoms with Gasteiger partial charge in [-0.25, -0.2) is 0 Å². The van der Waals surface area contributed by atoms with Gasteiger partial charge in [0.2, 0.25) is 14.7 Å². The van der Waals surface area contributed by atoms with E-state index in [0.717, 1.165) is 51.4 Å². The van der Waals surface area contributed by atoms with Crippen LogP contribution in [0, 0.1) is 0 Å². The normalized spacial score (nSPS) is 18.6. The van der Waals surface area contributed by atoms with Crippen LogP contribution in [0.4, 0.5) is 0 Å². The van der Waals surface area contributed by atoms with Gasteiger partial charge in [0, 0.05) is 24.1 Å². The van der Waals surface area contributed by atoms with Crippen LogP contribution in [-0.4, -0.2) is 33.9 Å². The fourth-order valence-corrected chi connectivity index (χ4v) is 7.91. The van der Waals surface area contributed by atoms with Gasteiger partial charge in [-0.3, -0.25) is 9.13 Å². The Kier molecular flexibility index (Phi) is 12.0. The van der Waals surface area contributed by atoms with E-state index in [0.29, 0.717) is 18.7 Å². The minimum Gasteiger partial charge on any atom is -0.344 e. The molecule has 0 rings (SSSR count). The second-order valence-corrected chi connectivity index (χ2v) is 11.6. The minimum atomic E-state index is -3.32. The molecule has 3 atom stereocenters. The van der Waals surface area contributed by atoms with E-state index in [-0.39, 0.29) is 6.16 Å². The Morgan fingerprint density at radius 2 is 1.27 bits per heavy atom. The van der Waals surface area contributed by atoms with E-state index in [1.54, 1.807) is 0 Å². The van der Waals surface area contributed by atoms with Crippen molar-refractivity contribution in [1.29, 1.82) is 0 Å². The lowest BCUT2D eigenvalue weighted by atomic mass is 10.2. The highest BCUT2D eigenvalue weighted by Crippen LogP contribution is 2.55. The average Bonchev–Trinajstić information content (AvgIpc) is 2.45. The molecule has 0 fully saturated rings. The smallest absolute Gasteiger partial charge is 0.204 e. The minimum absolute atomic E-state index is 0.0111. The summed E-state index contributed by atoms with van der Waals surface area (Å²) in [5.74, 6) is 0. The van der Waals surface area contributed by atoms with E-state index in [1.807, 2.05) is 6.92 Å². The molecule has 6 heteroatoms. The van der Waals surface area contributed by atoms with Crippen LogP contribution in [0.15, 0.2) is 0 Å². The molecule has 0 aliphatic carbocycles. The predicted molar refractivity (Wildman–Crippen MR) is 96.6 cm³/mol. The molecule has 22 heavy (non-hydrogen) atoms. The van der Waals surface area contributed by atoms with Gasteiger partial charge in [-0.05, 0) is 19.3 Å². The Hall–Kier alpha value is 0.380. The van der Waals surface area contributed by atoms with Crippen molar-refractivity contribution in [3.8, 4) is 0 Å². The maximum atomic E-state index is 12.5. The summed E-state index contributed by atoms with van der Waals surface area (Å²) in [6.07, 6.45) is 8.85. The second kappa shape index (κ2) is 11.8. The zero-order valence-corrected chi connectivity index (χ0v) is 16.5. The van der Waals surface area contributed by atoms with Gasteiger partial charge in [0.05, 0.1) is 0 Å². The molecule has 3 unspecified atom stereocenters. The third-order valence-corrected chi connectivity index (χ3v) is 9.19. The quantitative estimate of drug-likeness (QED) is 0.320. The lowest BCUT2D eigenvalue weighted by Crippen LogP contribution is -2.16. The standard InChI is InChI=1S/C16H36O4P2/c1-4-7-9-11-13-21(17,18)15-16(6-3)22(19,20)14-12-10-8-5-2/h16H,4-15H2,1-3H3,(H,17,18)(H,19,20). The Labute approximate surface area is 137 Å². The van der Waals surface area contributed by atoms with Crippen molar-refractivity contribution in [2.45, 2.75) is 84.2 Å². The summed E-state index contributed by atoms with van der Waals surface area (Å²) in [6.45, 7) is 6.05. The Balaban J connectivity index is 4.41. The molecule has 4 nitrogen and oxygen atoms in total.